The van der Waals surface area contributed by atoms with Gasteiger partial charge >= 0.3 is 0 Å². The number of rotatable bonds is 3. The summed E-state index contributed by atoms with van der Waals surface area (Å²) in [6.45, 7) is 4.92. The molecule has 2 fully saturated rings. The van der Waals surface area contributed by atoms with Crippen molar-refractivity contribution in [2.24, 2.45) is 20.9 Å². The van der Waals surface area contributed by atoms with E-state index in [4.69, 9.17) is 14.5 Å². The summed E-state index contributed by atoms with van der Waals surface area (Å²) in [7, 11) is 0. The molecule has 1 saturated carbocycles. The Bertz CT molecular complexity index is 1050. The van der Waals surface area contributed by atoms with E-state index in [2.05, 4.69) is 9.98 Å². The van der Waals surface area contributed by atoms with Gasteiger partial charge in [-0.25, -0.2) is 4.99 Å². The van der Waals surface area contributed by atoms with Gasteiger partial charge in [-0.2, -0.15) is 9.98 Å². The lowest BCUT2D eigenvalue weighted by molar-refractivity contribution is -0.118. The summed E-state index contributed by atoms with van der Waals surface area (Å²) in [6.07, 6.45) is 1.92. The Morgan fingerprint density at radius 2 is 1.84 bits per heavy atom. The Hall–Kier alpha value is -3.13. The second-order valence-electron chi connectivity index (χ2n) is 7.83. The van der Waals surface area contributed by atoms with Crippen LogP contribution in [0.2, 0.25) is 0 Å². The van der Waals surface area contributed by atoms with Crippen LogP contribution in [-0.4, -0.2) is 67.0 Å². The number of Topliss-reactive ketones (excluding diaryl/α,β-unsaturated/α-hetero) is 1. The quantitative estimate of drug-likeness (QED) is 0.748. The van der Waals surface area contributed by atoms with Crippen LogP contribution >= 0.6 is 0 Å². The van der Waals surface area contributed by atoms with Crippen LogP contribution in [0.25, 0.3) is 5.57 Å². The Kier molecular flexibility index (Phi) is 5.23. The molecular formula is C23H24N4O4. The van der Waals surface area contributed by atoms with E-state index in [9.17, 15) is 9.59 Å². The standard InChI is InChI=1S/C23H24N4O4/c1-2-31-15-8-6-14(7-9-15)18-19-16(4-3-5-17(19)28)24-21-20(18)22(29)26-23(25-21)27-10-12-30-13-11-27/h6-9,20H,2-5,10-13H2,1H3. The summed E-state index contributed by atoms with van der Waals surface area (Å²) in [5, 5.41) is 0. The molecule has 8 heteroatoms. The first-order chi connectivity index (χ1) is 15.2. The SMILES string of the molecule is CCOc1ccc(C2=C3C(=O)CCCC3=NC3=NC(N4CCOCC4)=NC(=O)C32)cc1. The number of carbonyl (C=O) groups is 2. The molecule has 1 aromatic carbocycles. The molecule has 160 valence electrons. The number of ether oxygens (including phenoxy) is 2. The number of hydrogen-bond donors (Lipinski definition) is 0. The van der Waals surface area contributed by atoms with Crippen LogP contribution in [0.15, 0.2) is 44.8 Å². The first-order valence-electron chi connectivity index (χ1n) is 10.8. The zero-order valence-corrected chi connectivity index (χ0v) is 17.5. The Balaban J connectivity index is 1.59. The van der Waals surface area contributed by atoms with Gasteiger partial charge in [-0.15, -0.1) is 0 Å². The minimum absolute atomic E-state index is 0.0312. The lowest BCUT2D eigenvalue weighted by atomic mass is 9.77. The maximum atomic E-state index is 13.3. The average Bonchev–Trinajstić information content (AvgIpc) is 2.79. The molecule has 31 heavy (non-hydrogen) atoms. The van der Waals surface area contributed by atoms with E-state index in [1.807, 2.05) is 36.1 Å². The van der Waals surface area contributed by atoms with Crippen LogP contribution < -0.4 is 4.74 Å². The minimum atomic E-state index is -0.761. The largest absolute Gasteiger partial charge is 0.494 e. The van der Waals surface area contributed by atoms with E-state index in [1.54, 1.807) is 0 Å². The summed E-state index contributed by atoms with van der Waals surface area (Å²) in [5.41, 5.74) is 2.77. The van der Waals surface area contributed by atoms with Gasteiger partial charge in [-0.1, -0.05) is 12.1 Å². The number of dihydropyridines is 1. The molecule has 5 rings (SSSR count). The molecule has 0 radical (unpaired) electrons. The summed E-state index contributed by atoms with van der Waals surface area (Å²) in [4.78, 5) is 41.8. The van der Waals surface area contributed by atoms with Crippen LogP contribution in [-0.2, 0) is 14.3 Å². The van der Waals surface area contributed by atoms with Crippen molar-refractivity contribution in [3.63, 3.8) is 0 Å². The molecule has 1 atom stereocenters. The molecule has 0 N–H and O–H groups in total. The van der Waals surface area contributed by atoms with Crippen LogP contribution in [0.1, 0.15) is 31.7 Å². The topological polar surface area (TPSA) is 92.9 Å². The second-order valence-corrected chi connectivity index (χ2v) is 7.83. The number of amides is 1. The highest BCUT2D eigenvalue weighted by molar-refractivity contribution is 6.37. The number of amidine groups is 1. The van der Waals surface area contributed by atoms with Gasteiger partial charge in [0.2, 0.25) is 5.96 Å². The van der Waals surface area contributed by atoms with E-state index >= 15 is 0 Å². The fourth-order valence-corrected chi connectivity index (χ4v) is 4.45. The Morgan fingerprint density at radius 3 is 2.58 bits per heavy atom. The normalized spacial score (nSPS) is 23.6. The fraction of sp³-hybridized carbons (Fsp3) is 0.435. The molecule has 0 spiro atoms. The van der Waals surface area contributed by atoms with Gasteiger partial charge in [0.1, 0.15) is 17.5 Å². The van der Waals surface area contributed by atoms with Gasteiger partial charge in [0, 0.05) is 25.1 Å². The van der Waals surface area contributed by atoms with Gasteiger partial charge in [0.05, 0.1) is 25.5 Å². The first kappa shape index (κ1) is 19.8. The average molecular weight is 420 g/mol. The van der Waals surface area contributed by atoms with E-state index in [-0.39, 0.29) is 11.7 Å². The van der Waals surface area contributed by atoms with Crippen LogP contribution in [0.3, 0.4) is 0 Å². The molecule has 4 aliphatic rings. The molecular weight excluding hydrogens is 396 g/mol. The molecule has 1 unspecified atom stereocenters. The molecule has 8 nitrogen and oxygen atoms in total. The number of hydrogen-bond acceptors (Lipinski definition) is 7. The minimum Gasteiger partial charge on any atom is -0.494 e. The van der Waals surface area contributed by atoms with Gasteiger partial charge in [0.25, 0.3) is 5.91 Å². The number of aliphatic imine (C=N–C) groups is 3. The van der Waals surface area contributed by atoms with Crippen LogP contribution in [0, 0.1) is 5.92 Å². The smallest absolute Gasteiger partial charge is 0.264 e. The molecule has 3 aliphatic heterocycles. The maximum Gasteiger partial charge on any atom is 0.264 e. The summed E-state index contributed by atoms with van der Waals surface area (Å²) < 4.78 is 10.9. The van der Waals surface area contributed by atoms with Crippen molar-refractivity contribution in [3.8, 4) is 5.75 Å². The van der Waals surface area contributed by atoms with Crippen molar-refractivity contribution >= 4 is 34.8 Å². The summed E-state index contributed by atoms with van der Waals surface area (Å²) in [6, 6.07) is 7.50. The highest BCUT2D eigenvalue weighted by Gasteiger charge is 2.42. The van der Waals surface area contributed by atoms with E-state index in [1.165, 1.54) is 0 Å². The predicted octanol–water partition coefficient (Wildman–Crippen LogP) is 2.29. The lowest BCUT2D eigenvalue weighted by Gasteiger charge is -2.33. The number of allylic oxidation sites excluding steroid dienone is 1. The number of ketones is 1. The maximum absolute atomic E-state index is 13.3. The fourth-order valence-electron chi connectivity index (χ4n) is 4.45. The Labute approximate surface area is 180 Å². The predicted molar refractivity (Wildman–Crippen MR) is 117 cm³/mol. The van der Waals surface area contributed by atoms with Crippen molar-refractivity contribution in [2.75, 3.05) is 32.9 Å². The number of morpholine rings is 1. The zero-order valence-electron chi connectivity index (χ0n) is 17.5. The van der Waals surface area contributed by atoms with E-state index in [0.717, 1.165) is 23.4 Å². The van der Waals surface area contributed by atoms with E-state index < -0.39 is 5.92 Å². The first-order valence-corrected chi connectivity index (χ1v) is 10.8. The van der Waals surface area contributed by atoms with Crippen molar-refractivity contribution in [1.29, 1.82) is 0 Å². The zero-order chi connectivity index (χ0) is 21.4. The third kappa shape index (κ3) is 3.61. The molecule has 0 bridgehead atoms. The summed E-state index contributed by atoms with van der Waals surface area (Å²) >= 11 is 0. The van der Waals surface area contributed by atoms with Crippen molar-refractivity contribution in [2.45, 2.75) is 26.2 Å². The molecule has 1 aromatic rings. The van der Waals surface area contributed by atoms with Crippen molar-refractivity contribution in [1.82, 2.24) is 4.90 Å². The monoisotopic (exact) mass is 420 g/mol. The number of fused-ring (bicyclic) bond motifs is 2. The van der Waals surface area contributed by atoms with Crippen molar-refractivity contribution in [3.05, 3.63) is 35.4 Å². The molecule has 1 saturated heterocycles. The van der Waals surface area contributed by atoms with Gasteiger partial charge in [0.15, 0.2) is 5.78 Å². The van der Waals surface area contributed by atoms with E-state index in [0.29, 0.717) is 68.7 Å². The third-order valence-corrected chi connectivity index (χ3v) is 5.89. The third-order valence-electron chi connectivity index (χ3n) is 5.89. The van der Waals surface area contributed by atoms with Crippen LogP contribution in [0.4, 0.5) is 0 Å². The van der Waals surface area contributed by atoms with Crippen LogP contribution in [0.5, 0.6) is 5.75 Å². The number of guanidine groups is 1. The molecule has 0 aromatic heterocycles. The van der Waals surface area contributed by atoms with Gasteiger partial charge in [-0.05, 0) is 43.0 Å². The molecule has 3 heterocycles. The number of carbonyl (C=O) groups excluding carboxylic acids is 2. The molecule has 1 amide bonds. The number of nitrogens with zero attached hydrogens (tertiary/aromatic N) is 4. The summed E-state index contributed by atoms with van der Waals surface area (Å²) in [5.74, 6) is 0.503. The second kappa shape index (κ2) is 8.19. The van der Waals surface area contributed by atoms with Gasteiger partial charge < -0.3 is 14.4 Å². The van der Waals surface area contributed by atoms with Crippen molar-refractivity contribution < 1.29 is 19.1 Å². The Morgan fingerprint density at radius 1 is 1.06 bits per heavy atom. The van der Waals surface area contributed by atoms with Gasteiger partial charge in [-0.3, -0.25) is 9.59 Å². The molecule has 1 aliphatic carbocycles. The lowest BCUT2D eigenvalue weighted by Crippen LogP contribution is -2.44. The highest BCUT2D eigenvalue weighted by Crippen LogP contribution is 2.39. The highest BCUT2D eigenvalue weighted by atomic mass is 16.5. The number of benzene rings is 1.